The Hall–Kier alpha value is -1.81. The first-order valence-electron chi connectivity index (χ1n) is 5.95. The van der Waals surface area contributed by atoms with Gasteiger partial charge in [-0.25, -0.2) is 4.98 Å². The summed E-state index contributed by atoms with van der Waals surface area (Å²) in [5, 5.41) is 2.09. The molecule has 0 bridgehead atoms. The van der Waals surface area contributed by atoms with E-state index in [1.165, 1.54) is 10.4 Å². The van der Waals surface area contributed by atoms with Gasteiger partial charge in [0, 0.05) is 4.88 Å². The highest BCUT2D eigenvalue weighted by molar-refractivity contribution is 7.10. The van der Waals surface area contributed by atoms with E-state index in [1.54, 1.807) is 11.3 Å². The van der Waals surface area contributed by atoms with Gasteiger partial charge in [0.2, 0.25) is 5.95 Å². The molecule has 2 N–H and O–H groups in total. The molecule has 1 atom stereocenters. The Morgan fingerprint density at radius 2 is 2.11 bits per heavy atom. The number of nitrogens with zero attached hydrogens (tertiary/aromatic N) is 2. The van der Waals surface area contributed by atoms with Crippen LogP contribution in [0.15, 0.2) is 35.7 Å². The number of thiophene rings is 1. The maximum Gasteiger partial charge on any atom is 0.201 e. The Labute approximate surface area is 110 Å². The summed E-state index contributed by atoms with van der Waals surface area (Å²) in [6.45, 7) is 4.26. The summed E-state index contributed by atoms with van der Waals surface area (Å²) in [4.78, 5) is 5.75. The van der Waals surface area contributed by atoms with Crippen molar-refractivity contribution >= 4 is 28.3 Å². The standard InChI is InChI=1S/C14H15N3S/c1-9-5-3-6-11-13(9)17(14(15)16-11)10(2)12-7-4-8-18-12/h3-8,10H,1-2H3,(H2,15,16). The van der Waals surface area contributed by atoms with E-state index >= 15 is 0 Å². The number of aromatic nitrogens is 2. The fourth-order valence-corrected chi connectivity index (χ4v) is 3.16. The number of imidazole rings is 1. The third-order valence-electron chi connectivity index (χ3n) is 3.28. The van der Waals surface area contributed by atoms with Gasteiger partial charge in [0.05, 0.1) is 17.1 Å². The van der Waals surface area contributed by atoms with Crippen molar-refractivity contribution in [3.05, 3.63) is 46.2 Å². The highest BCUT2D eigenvalue weighted by Gasteiger charge is 2.17. The van der Waals surface area contributed by atoms with Crippen LogP contribution in [0.4, 0.5) is 5.95 Å². The molecule has 3 aromatic rings. The van der Waals surface area contributed by atoms with Gasteiger partial charge >= 0.3 is 0 Å². The van der Waals surface area contributed by atoms with Crippen LogP contribution in [0.2, 0.25) is 0 Å². The van der Waals surface area contributed by atoms with E-state index in [0.717, 1.165) is 11.0 Å². The van der Waals surface area contributed by atoms with Crippen LogP contribution in [0.5, 0.6) is 0 Å². The highest BCUT2D eigenvalue weighted by atomic mass is 32.1. The monoisotopic (exact) mass is 257 g/mol. The molecule has 3 nitrogen and oxygen atoms in total. The Kier molecular flexibility index (Phi) is 2.59. The molecule has 92 valence electrons. The molecule has 3 rings (SSSR count). The van der Waals surface area contributed by atoms with Crippen LogP contribution in [-0.2, 0) is 0 Å². The van der Waals surface area contributed by atoms with Crippen LogP contribution < -0.4 is 5.73 Å². The minimum Gasteiger partial charge on any atom is -0.369 e. The molecule has 0 radical (unpaired) electrons. The van der Waals surface area contributed by atoms with Crippen molar-refractivity contribution in [3.8, 4) is 0 Å². The zero-order chi connectivity index (χ0) is 12.7. The van der Waals surface area contributed by atoms with Crippen molar-refractivity contribution in [1.29, 1.82) is 0 Å². The van der Waals surface area contributed by atoms with Crippen LogP contribution in [0, 0.1) is 6.92 Å². The molecule has 2 heterocycles. The van der Waals surface area contributed by atoms with E-state index in [-0.39, 0.29) is 6.04 Å². The zero-order valence-electron chi connectivity index (χ0n) is 10.4. The fraction of sp³-hybridized carbons (Fsp3) is 0.214. The van der Waals surface area contributed by atoms with Gasteiger partial charge in [-0.15, -0.1) is 11.3 Å². The molecule has 2 aromatic heterocycles. The molecule has 0 aliphatic rings. The van der Waals surface area contributed by atoms with Gasteiger partial charge in [-0.3, -0.25) is 0 Å². The smallest absolute Gasteiger partial charge is 0.201 e. The highest BCUT2D eigenvalue weighted by Crippen LogP contribution is 2.30. The zero-order valence-corrected chi connectivity index (χ0v) is 11.2. The summed E-state index contributed by atoms with van der Waals surface area (Å²) in [7, 11) is 0. The summed E-state index contributed by atoms with van der Waals surface area (Å²) in [5.41, 5.74) is 9.40. The maximum atomic E-state index is 6.09. The normalized spacial score (nSPS) is 13.0. The summed E-state index contributed by atoms with van der Waals surface area (Å²) in [5.74, 6) is 0.584. The summed E-state index contributed by atoms with van der Waals surface area (Å²) in [6.07, 6.45) is 0. The van der Waals surface area contributed by atoms with E-state index in [1.807, 2.05) is 12.1 Å². The lowest BCUT2D eigenvalue weighted by Gasteiger charge is -2.15. The lowest BCUT2D eigenvalue weighted by atomic mass is 10.2. The molecule has 0 saturated heterocycles. The first kappa shape index (κ1) is 11.3. The molecule has 0 spiro atoms. The van der Waals surface area contributed by atoms with Crippen LogP contribution in [0.3, 0.4) is 0 Å². The molecular formula is C14H15N3S. The Bertz CT molecular complexity index is 682. The molecule has 0 aliphatic heterocycles. The lowest BCUT2D eigenvalue weighted by Crippen LogP contribution is -2.09. The number of anilines is 1. The number of rotatable bonds is 2. The van der Waals surface area contributed by atoms with Crippen LogP contribution in [0.1, 0.15) is 23.4 Å². The molecule has 0 amide bonds. The predicted octanol–water partition coefficient (Wildman–Crippen LogP) is 3.60. The first-order chi connectivity index (χ1) is 8.68. The number of hydrogen-bond donors (Lipinski definition) is 1. The molecule has 1 unspecified atom stereocenters. The molecular weight excluding hydrogens is 242 g/mol. The van der Waals surface area contributed by atoms with E-state index < -0.39 is 0 Å². The lowest BCUT2D eigenvalue weighted by molar-refractivity contribution is 0.679. The second kappa shape index (κ2) is 4.14. The molecule has 18 heavy (non-hydrogen) atoms. The third kappa shape index (κ3) is 1.61. The summed E-state index contributed by atoms with van der Waals surface area (Å²) < 4.78 is 2.12. The molecule has 0 fully saturated rings. The molecule has 1 aromatic carbocycles. The predicted molar refractivity (Wildman–Crippen MR) is 77.0 cm³/mol. The Morgan fingerprint density at radius 1 is 1.28 bits per heavy atom. The SMILES string of the molecule is Cc1cccc2nc(N)n(C(C)c3cccs3)c12. The number of nitrogen functional groups attached to an aromatic ring is 1. The van der Waals surface area contributed by atoms with Crippen molar-refractivity contribution in [2.45, 2.75) is 19.9 Å². The minimum atomic E-state index is 0.219. The van der Waals surface area contributed by atoms with Crippen molar-refractivity contribution in [2.75, 3.05) is 5.73 Å². The largest absolute Gasteiger partial charge is 0.369 e. The molecule has 0 aliphatic carbocycles. The van der Waals surface area contributed by atoms with E-state index in [2.05, 4.69) is 47.0 Å². The molecule has 0 saturated carbocycles. The Balaban J connectivity index is 2.25. The number of aryl methyl sites for hydroxylation is 1. The van der Waals surface area contributed by atoms with Gasteiger partial charge in [-0.1, -0.05) is 18.2 Å². The number of fused-ring (bicyclic) bond motifs is 1. The fourth-order valence-electron chi connectivity index (χ4n) is 2.39. The van der Waals surface area contributed by atoms with Gasteiger partial charge in [-0.2, -0.15) is 0 Å². The summed E-state index contributed by atoms with van der Waals surface area (Å²) >= 11 is 1.75. The van der Waals surface area contributed by atoms with Crippen LogP contribution in [0.25, 0.3) is 11.0 Å². The third-order valence-corrected chi connectivity index (χ3v) is 4.32. The Morgan fingerprint density at radius 3 is 2.83 bits per heavy atom. The molecule has 4 heteroatoms. The van der Waals surface area contributed by atoms with Gasteiger partial charge in [0.1, 0.15) is 0 Å². The van der Waals surface area contributed by atoms with E-state index in [0.29, 0.717) is 5.95 Å². The van der Waals surface area contributed by atoms with Gasteiger partial charge in [0.15, 0.2) is 0 Å². The number of nitrogens with two attached hydrogens (primary N) is 1. The first-order valence-corrected chi connectivity index (χ1v) is 6.83. The number of benzene rings is 1. The van der Waals surface area contributed by atoms with E-state index in [4.69, 9.17) is 5.73 Å². The van der Waals surface area contributed by atoms with Crippen molar-refractivity contribution < 1.29 is 0 Å². The van der Waals surface area contributed by atoms with Gasteiger partial charge < -0.3 is 10.3 Å². The van der Waals surface area contributed by atoms with Crippen molar-refractivity contribution in [2.24, 2.45) is 0 Å². The second-order valence-electron chi connectivity index (χ2n) is 4.47. The summed E-state index contributed by atoms with van der Waals surface area (Å²) in [6, 6.07) is 10.6. The second-order valence-corrected chi connectivity index (χ2v) is 5.45. The quantitative estimate of drug-likeness (QED) is 0.762. The van der Waals surface area contributed by atoms with E-state index in [9.17, 15) is 0 Å². The van der Waals surface area contributed by atoms with Crippen molar-refractivity contribution in [3.63, 3.8) is 0 Å². The van der Waals surface area contributed by atoms with Crippen molar-refractivity contribution in [1.82, 2.24) is 9.55 Å². The van der Waals surface area contributed by atoms with Crippen LogP contribution >= 0.6 is 11.3 Å². The number of para-hydroxylation sites is 1. The maximum absolute atomic E-state index is 6.09. The van der Waals surface area contributed by atoms with Gasteiger partial charge in [-0.05, 0) is 36.9 Å². The van der Waals surface area contributed by atoms with Gasteiger partial charge in [0.25, 0.3) is 0 Å². The van der Waals surface area contributed by atoms with Crippen LogP contribution in [-0.4, -0.2) is 9.55 Å². The topological polar surface area (TPSA) is 43.8 Å². The average molecular weight is 257 g/mol. The number of hydrogen-bond acceptors (Lipinski definition) is 3. The minimum absolute atomic E-state index is 0.219. The average Bonchev–Trinajstić information content (AvgIpc) is 2.95.